The zero-order valence-corrected chi connectivity index (χ0v) is 9.16. The second-order valence-corrected chi connectivity index (χ2v) is 4.59. The number of phenolic OH excluding ortho intramolecular Hbond substituents is 1. The number of nitrogens with one attached hydrogen (secondary N) is 1. The van der Waals surface area contributed by atoms with Crippen LogP contribution in [0.2, 0.25) is 0 Å². The van der Waals surface area contributed by atoms with Crippen LogP contribution in [0.15, 0.2) is 24.3 Å². The lowest BCUT2D eigenvalue weighted by atomic mass is 10.0. The van der Waals surface area contributed by atoms with Crippen LogP contribution in [0.25, 0.3) is 0 Å². The molecule has 2 rings (SSSR count). The van der Waals surface area contributed by atoms with Crippen LogP contribution in [0.4, 0.5) is 0 Å². The van der Waals surface area contributed by atoms with Crippen LogP contribution < -0.4 is 5.32 Å². The molecule has 0 saturated carbocycles. The second kappa shape index (κ2) is 3.83. The molecule has 15 heavy (non-hydrogen) atoms. The van der Waals surface area contributed by atoms with Crippen LogP contribution in [0.1, 0.15) is 25.5 Å². The summed E-state index contributed by atoms with van der Waals surface area (Å²) >= 11 is 0. The van der Waals surface area contributed by atoms with Crippen molar-refractivity contribution in [2.24, 2.45) is 0 Å². The summed E-state index contributed by atoms with van der Waals surface area (Å²) in [5, 5.41) is 12.6. The maximum Gasteiger partial charge on any atom is 0.115 e. The molecule has 1 fully saturated rings. The van der Waals surface area contributed by atoms with Gasteiger partial charge in [-0.25, -0.2) is 0 Å². The lowest BCUT2D eigenvalue weighted by Crippen LogP contribution is -2.46. The Balaban J connectivity index is 2.13. The summed E-state index contributed by atoms with van der Waals surface area (Å²) in [6.45, 7) is 5.86. The quantitative estimate of drug-likeness (QED) is 0.738. The van der Waals surface area contributed by atoms with Gasteiger partial charge in [0, 0.05) is 13.1 Å². The first-order valence-electron chi connectivity index (χ1n) is 5.24. The van der Waals surface area contributed by atoms with Crippen molar-refractivity contribution in [1.82, 2.24) is 5.32 Å². The highest BCUT2D eigenvalue weighted by molar-refractivity contribution is 5.27. The molecular weight excluding hydrogens is 190 g/mol. The van der Waals surface area contributed by atoms with Gasteiger partial charge in [-0.1, -0.05) is 12.1 Å². The fraction of sp³-hybridized carbons (Fsp3) is 0.500. The average molecular weight is 207 g/mol. The number of ether oxygens (including phenoxy) is 1. The largest absolute Gasteiger partial charge is 0.508 e. The first-order chi connectivity index (χ1) is 7.07. The van der Waals surface area contributed by atoms with E-state index < -0.39 is 0 Å². The van der Waals surface area contributed by atoms with Crippen molar-refractivity contribution in [3.63, 3.8) is 0 Å². The summed E-state index contributed by atoms with van der Waals surface area (Å²) in [7, 11) is 0. The van der Waals surface area contributed by atoms with E-state index in [1.807, 2.05) is 12.1 Å². The molecule has 0 spiro atoms. The van der Waals surface area contributed by atoms with Crippen LogP contribution >= 0.6 is 0 Å². The number of hydrogen-bond donors (Lipinski definition) is 2. The molecule has 0 aliphatic carbocycles. The van der Waals surface area contributed by atoms with Gasteiger partial charge in [0.2, 0.25) is 0 Å². The van der Waals surface area contributed by atoms with Gasteiger partial charge >= 0.3 is 0 Å². The molecule has 1 aromatic rings. The van der Waals surface area contributed by atoms with E-state index in [1.54, 1.807) is 12.1 Å². The summed E-state index contributed by atoms with van der Waals surface area (Å²) in [4.78, 5) is 0. The van der Waals surface area contributed by atoms with Crippen LogP contribution in [0.5, 0.6) is 5.75 Å². The molecule has 1 aliphatic rings. The predicted octanol–water partition coefficient (Wildman–Crippen LogP) is 1.83. The summed E-state index contributed by atoms with van der Waals surface area (Å²) in [5.74, 6) is 0.293. The van der Waals surface area contributed by atoms with Gasteiger partial charge < -0.3 is 15.2 Å². The molecule has 3 nitrogen and oxygen atoms in total. The fourth-order valence-electron chi connectivity index (χ4n) is 1.85. The maximum atomic E-state index is 9.20. The van der Waals surface area contributed by atoms with Crippen LogP contribution in [-0.2, 0) is 4.74 Å². The highest BCUT2D eigenvalue weighted by Gasteiger charge is 2.28. The summed E-state index contributed by atoms with van der Waals surface area (Å²) in [5.41, 5.74) is 0.980. The Labute approximate surface area is 90.1 Å². The van der Waals surface area contributed by atoms with Gasteiger partial charge in [-0.15, -0.1) is 0 Å². The zero-order valence-electron chi connectivity index (χ0n) is 9.16. The maximum absolute atomic E-state index is 9.20. The molecule has 82 valence electrons. The molecule has 0 aromatic heterocycles. The number of morpholine rings is 1. The molecule has 1 atom stereocenters. The molecule has 3 heteroatoms. The van der Waals surface area contributed by atoms with E-state index in [4.69, 9.17) is 4.74 Å². The van der Waals surface area contributed by atoms with Gasteiger partial charge in [0.1, 0.15) is 5.75 Å². The monoisotopic (exact) mass is 207 g/mol. The van der Waals surface area contributed by atoms with Crippen molar-refractivity contribution in [2.75, 3.05) is 13.1 Å². The molecule has 1 aromatic carbocycles. The summed E-state index contributed by atoms with van der Waals surface area (Å²) in [6.07, 6.45) is 0.0781. The third-order valence-electron chi connectivity index (χ3n) is 2.61. The Morgan fingerprint density at radius 2 is 2.00 bits per heavy atom. The standard InChI is InChI=1S/C12H17NO2/c1-12(2)8-13-7-11(15-12)9-3-5-10(14)6-4-9/h3-6,11,13-14H,7-8H2,1-2H3. The lowest BCUT2D eigenvalue weighted by Gasteiger charge is -2.36. The van der Waals surface area contributed by atoms with E-state index in [9.17, 15) is 5.11 Å². The van der Waals surface area contributed by atoms with E-state index in [1.165, 1.54) is 0 Å². The van der Waals surface area contributed by atoms with E-state index in [-0.39, 0.29) is 11.7 Å². The van der Waals surface area contributed by atoms with Gasteiger partial charge in [0.15, 0.2) is 0 Å². The van der Waals surface area contributed by atoms with Gasteiger partial charge in [0.05, 0.1) is 11.7 Å². The highest BCUT2D eigenvalue weighted by Crippen LogP contribution is 2.27. The molecular formula is C12H17NO2. The van der Waals surface area contributed by atoms with Crippen LogP contribution in [0.3, 0.4) is 0 Å². The summed E-state index contributed by atoms with van der Waals surface area (Å²) < 4.78 is 5.96. The number of rotatable bonds is 1. The second-order valence-electron chi connectivity index (χ2n) is 4.59. The van der Waals surface area contributed by atoms with Gasteiger partial charge in [-0.05, 0) is 31.5 Å². The number of benzene rings is 1. The molecule has 1 saturated heterocycles. The minimum atomic E-state index is -0.124. The topological polar surface area (TPSA) is 41.5 Å². The molecule has 1 unspecified atom stereocenters. The van der Waals surface area contributed by atoms with Crippen molar-refractivity contribution >= 4 is 0 Å². The molecule has 0 radical (unpaired) electrons. The van der Waals surface area contributed by atoms with Gasteiger partial charge in [-0.2, -0.15) is 0 Å². The molecule has 0 amide bonds. The highest BCUT2D eigenvalue weighted by atomic mass is 16.5. The van der Waals surface area contributed by atoms with Crippen molar-refractivity contribution in [3.05, 3.63) is 29.8 Å². The fourth-order valence-corrected chi connectivity index (χ4v) is 1.85. The van der Waals surface area contributed by atoms with Crippen LogP contribution in [-0.4, -0.2) is 23.8 Å². The van der Waals surface area contributed by atoms with E-state index in [0.717, 1.165) is 18.7 Å². The minimum absolute atomic E-state index is 0.0781. The van der Waals surface area contributed by atoms with E-state index in [0.29, 0.717) is 5.75 Å². The Bertz CT molecular complexity index is 332. The number of hydrogen-bond acceptors (Lipinski definition) is 3. The van der Waals surface area contributed by atoms with Gasteiger partial charge in [-0.3, -0.25) is 0 Å². The van der Waals surface area contributed by atoms with E-state index in [2.05, 4.69) is 19.2 Å². The van der Waals surface area contributed by atoms with Crippen molar-refractivity contribution in [3.8, 4) is 5.75 Å². The molecule has 0 bridgehead atoms. The smallest absolute Gasteiger partial charge is 0.115 e. The minimum Gasteiger partial charge on any atom is -0.508 e. The van der Waals surface area contributed by atoms with E-state index >= 15 is 0 Å². The van der Waals surface area contributed by atoms with Crippen molar-refractivity contribution in [1.29, 1.82) is 0 Å². The summed E-state index contributed by atoms with van der Waals surface area (Å²) in [6, 6.07) is 7.20. The Morgan fingerprint density at radius 3 is 2.60 bits per heavy atom. The number of aromatic hydroxyl groups is 1. The first-order valence-corrected chi connectivity index (χ1v) is 5.24. The lowest BCUT2D eigenvalue weighted by molar-refractivity contribution is -0.0958. The Kier molecular flexibility index (Phi) is 2.67. The van der Waals surface area contributed by atoms with Gasteiger partial charge in [0.25, 0.3) is 0 Å². The predicted molar refractivity (Wildman–Crippen MR) is 58.9 cm³/mol. The third kappa shape index (κ3) is 2.49. The normalized spacial score (nSPS) is 25.1. The molecule has 2 N–H and O–H groups in total. The molecule has 1 heterocycles. The SMILES string of the molecule is CC1(C)CNCC(c2ccc(O)cc2)O1. The average Bonchev–Trinajstić information content (AvgIpc) is 2.17. The third-order valence-corrected chi connectivity index (χ3v) is 2.61. The van der Waals surface area contributed by atoms with Crippen LogP contribution in [0, 0.1) is 0 Å². The zero-order chi connectivity index (χ0) is 10.9. The van der Waals surface area contributed by atoms with Crippen molar-refractivity contribution in [2.45, 2.75) is 25.6 Å². The van der Waals surface area contributed by atoms with Crippen molar-refractivity contribution < 1.29 is 9.84 Å². The first kappa shape index (κ1) is 10.5. The Morgan fingerprint density at radius 1 is 1.33 bits per heavy atom. The molecule has 1 aliphatic heterocycles. The number of phenols is 1. The Hall–Kier alpha value is -1.06.